The van der Waals surface area contributed by atoms with Crippen LogP contribution in [0.4, 0.5) is 0 Å². The van der Waals surface area contributed by atoms with Crippen LogP contribution in [0.1, 0.15) is 31.2 Å². The van der Waals surface area contributed by atoms with E-state index in [0.717, 1.165) is 22.5 Å². The maximum atomic E-state index is 11.6. The van der Waals surface area contributed by atoms with E-state index in [0.29, 0.717) is 12.3 Å². The van der Waals surface area contributed by atoms with E-state index in [1.54, 1.807) is 19.1 Å². The third kappa shape index (κ3) is 7.72. The van der Waals surface area contributed by atoms with E-state index in [1.165, 1.54) is 6.92 Å². The first-order valence-electron chi connectivity index (χ1n) is 10.1. The summed E-state index contributed by atoms with van der Waals surface area (Å²) in [6.45, 7) is 10.7. The van der Waals surface area contributed by atoms with Gasteiger partial charge in [-0.1, -0.05) is 50.0 Å². The van der Waals surface area contributed by atoms with Gasteiger partial charge in [0.05, 0.1) is 23.7 Å². The molecule has 0 saturated heterocycles. The van der Waals surface area contributed by atoms with Crippen LogP contribution in [0.2, 0.25) is 25.7 Å². The number of rotatable bonds is 10. The fourth-order valence-corrected chi connectivity index (χ4v) is 3.57. The van der Waals surface area contributed by atoms with Crippen molar-refractivity contribution in [3.05, 3.63) is 47.7 Å². The summed E-state index contributed by atoms with van der Waals surface area (Å²) in [5.41, 5.74) is 2.27. The van der Waals surface area contributed by atoms with Gasteiger partial charge in [-0.05, 0) is 30.7 Å². The molecule has 0 fully saturated rings. The van der Waals surface area contributed by atoms with Gasteiger partial charge in [0.1, 0.15) is 6.10 Å². The smallest absolute Gasteiger partial charge is 0.312 e. The summed E-state index contributed by atoms with van der Waals surface area (Å²) in [6, 6.07) is 10.5. The Morgan fingerprint density at radius 1 is 1.20 bits per heavy atom. The van der Waals surface area contributed by atoms with Gasteiger partial charge in [0.25, 0.3) is 0 Å². The average Bonchev–Trinajstić information content (AvgIpc) is 2.65. The van der Waals surface area contributed by atoms with E-state index in [4.69, 9.17) is 9.47 Å². The highest BCUT2D eigenvalue weighted by atomic mass is 28.3. The second kappa shape index (κ2) is 10.5. The Kier molecular flexibility index (Phi) is 8.31. The summed E-state index contributed by atoms with van der Waals surface area (Å²) in [5, 5.41) is 10.4. The van der Waals surface area contributed by atoms with Crippen LogP contribution in [0.5, 0.6) is 0 Å². The molecular weight excluding hydrogens is 398 g/mol. The molecule has 0 aliphatic carbocycles. The lowest BCUT2D eigenvalue weighted by molar-refractivity contribution is -0.146. The number of pyridine rings is 1. The van der Waals surface area contributed by atoms with Crippen molar-refractivity contribution in [1.82, 2.24) is 4.98 Å². The quantitative estimate of drug-likeness (QED) is 0.327. The minimum atomic E-state index is -1.20. The van der Waals surface area contributed by atoms with Gasteiger partial charge in [-0.25, -0.2) is 4.98 Å². The summed E-state index contributed by atoms with van der Waals surface area (Å²) >= 11 is 0. The molecule has 0 aliphatic heterocycles. The summed E-state index contributed by atoms with van der Waals surface area (Å²) in [7, 11) is -1.20. The normalized spacial score (nSPS) is 14.0. The number of benzene rings is 1. The number of ether oxygens (including phenoxy) is 2. The van der Waals surface area contributed by atoms with E-state index in [2.05, 4.69) is 24.6 Å². The summed E-state index contributed by atoms with van der Waals surface area (Å²) in [6.07, 6.45) is 3.00. The van der Waals surface area contributed by atoms with E-state index >= 15 is 0 Å². The van der Waals surface area contributed by atoms with Crippen LogP contribution < -0.4 is 0 Å². The van der Waals surface area contributed by atoms with Gasteiger partial charge in [-0.2, -0.15) is 0 Å². The summed E-state index contributed by atoms with van der Waals surface area (Å²) < 4.78 is 10.8. The largest absolute Gasteiger partial charge is 0.481 e. The Morgan fingerprint density at radius 2 is 1.90 bits per heavy atom. The predicted octanol–water partition coefficient (Wildman–Crippen LogP) is 4.93. The lowest BCUT2D eigenvalue weighted by Crippen LogP contribution is -2.24. The standard InChI is InChI=1S/C23H31NO5Si/c1-16(29-17(2)25)21-11-10-19-8-6-18(14-22(19)24-21)7-9-20(23(26)27)15-28-12-13-30(3,4)5/h6-11,14,16,20H,12-13,15H2,1-5H3,(H,26,27)/b9-7+/t16-,20?/m1/s1. The highest BCUT2D eigenvalue weighted by Gasteiger charge is 2.16. The molecule has 2 rings (SSSR count). The molecule has 0 spiro atoms. The number of hydrogen-bond donors (Lipinski definition) is 1. The molecule has 0 amide bonds. The average molecular weight is 430 g/mol. The molecule has 7 heteroatoms. The fourth-order valence-electron chi connectivity index (χ4n) is 2.81. The second-order valence-corrected chi connectivity index (χ2v) is 14.3. The lowest BCUT2D eigenvalue weighted by atomic mass is 10.1. The van der Waals surface area contributed by atoms with Crippen LogP contribution in [-0.4, -0.2) is 43.3 Å². The summed E-state index contributed by atoms with van der Waals surface area (Å²) in [4.78, 5) is 27.3. The highest BCUT2D eigenvalue weighted by molar-refractivity contribution is 6.76. The van der Waals surface area contributed by atoms with Crippen LogP contribution in [-0.2, 0) is 19.1 Å². The number of carbonyl (C=O) groups excluding carboxylic acids is 1. The Bertz CT molecular complexity index is 919. The Morgan fingerprint density at radius 3 is 2.53 bits per heavy atom. The monoisotopic (exact) mass is 429 g/mol. The van der Waals surface area contributed by atoms with Crippen molar-refractivity contribution in [3.63, 3.8) is 0 Å². The SMILES string of the molecule is CC(=O)O[C@H](C)c1ccc2ccc(/C=C/C(COCC[Si](C)(C)C)C(=O)O)cc2n1. The molecule has 30 heavy (non-hydrogen) atoms. The van der Waals surface area contributed by atoms with Crippen LogP contribution in [0.25, 0.3) is 17.0 Å². The second-order valence-electron chi connectivity index (χ2n) is 8.63. The number of carbonyl (C=O) groups is 2. The molecule has 0 bridgehead atoms. The first-order chi connectivity index (χ1) is 14.0. The van der Waals surface area contributed by atoms with Gasteiger partial charge < -0.3 is 14.6 Å². The molecule has 162 valence electrons. The van der Waals surface area contributed by atoms with Crippen LogP contribution in [0.3, 0.4) is 0 Å². The molecule has 1 aromatic heterocycles. The maximum Gasteiger partial charge on any atom is 0.312 e. The van der Waals surface area contributed by atoms with Crippen molar-refractivity contribution in [2.24, 2.45) is 5.92 Å². The van der Waals surface area contributed by atoms with Crippen LogP contribution >= 0.6 is 0 Å². The topological polar surface area (TPSA) is 85.7 Å². The van der Waals surface area contributed by atoms with Crippen molar-refractivity contribution in [2.75, 3.05) is 13.2 Å². The lowest BCUT2D eigenvalue weighted by Gasteiger charge is -2.16. The molecular formula is C23H31NO5Si. The van der Waals surface area contributed by atoms with Gasteiger partial charge in [0.15, 0.2) is 0 Å². The first kappa shape index (κ1) is 23.8. The zero-order chi connectivity index (χ0) is 22.3. The number of carboxylic acids is 1. The van der Waals surface area contributed by atoms with Crippen LogP contribution in [0.15, 0.2) is 36.4 Å². The highest BCUT2D eigenvalue weighted by Crippen LogP contribution is 2.21. The molecule has 2 atom stereocenters. The fraction of sp³-hybridized carbons (Fsp3) is 0.435. The van der Waals surface area contributed by atoms with Crippen molar-refractivity contribution < 1.29 is 24.2 Å². The minimum Gasteiger partial charge on any atom is -0.481 e. The third-order valence-electron chi connectivity index (χ3n) is 4.63. The number of aliphatic carboxylic acids is 1. The number of fused-ring (bicyclic) bond motifs is 1. The molecule has 0 saturated carbocycles. The van der Waals surface area contributed by atoms with E-state index in [9.17, 15) is 14.7 Å². The summed E-state index contributed by atoms with van der Waals surface area (Å²) in [5.74, 6) is -1.96. The molecule has 1 unspecified atom stereocenters. The van der Waals surface area contributed by atoms with Gasteiger partial charge in [-0.3, -0.25) is 9.59 Å². The van der Waals surface area contributed by atoms with Crippen molar-refractivity contribution >= 4 is 37.0 Å². The molecule has 0 radical (unpaired) electrons. The number of carboxylic acid groups (broad SMARTS) is 1. The van der Waals surface area contributed by atoms with Gasteiger partial charge in [0.2, 0.25) is 0 Å². The zero-order valence-corrected chi connectivity index (χ0v) is 19.3. The van der Waals surface area contributed by atoms with E-state index in [-0.39, 0.29) is 12.6 Å². The van der Waals surface area contributed by atoms with E-state index in [1.807, 2.05) is 30.3 Å². The molecule has 6 nitrogen and oxygen atoms in total. The number of nitrogens with zero attached hydrogens (tertiary/aromatic N) is 1. The predicted molar refractivity (Wildman–Crippen MR) is 121 cm³/mol. The number of hydrogen-bond acceptors (Lipinski definition) is 5. The minimum absolute atomic E-state index is 0.159. The molecule has 1 aromatic carbocycles. The maximum absolute atomic E-state index is 11.6. The van der Waals surface area contributed by atoms with Gasteiger partial charge >= 0.3 is 11.9 Å². The van der Waals surface area contributed by atoms with Gasteiger partial charge in [-0.15, -0.1) is 0 Å². The third-order valence-corrected chi connectivity index (χ3v) is 6.33. The number of esters is 1. The van der Waals surface area contributed by atoms with Crippen molar-refractivity contribution in [1.29, 1.82) is 0 Å². The van der Waals surface area contributed by atoms with Crippen molar-refractivity contribution in [3.8, 4) is 0 Å². The van der Waals surface area contributed by atoms with Crippen molar-refractivity contribution in [2.45, 2.75) is 45.6 Å². The Balaban J connectivity index is 2.10. The number of aromatic nitrogens is 1. The Hall–Kier alpha value is -2.51. The van der Waals surface area contributed by atoms with Crippen LogP contribution in [0, 0.1) is 5.92 Å². The first-order valence-corrected chi connectivity index (χ1v) is 13.8. The molecule has 0 aliphatic rings. The van der Waals surface area contributed by atoms with Gasteiger partial charge in [0, 0.05) is 27.0 Å². The molecule has 2 aromatic rings. The zero-order valence-electron chi connectivity index (χ0n) is 18.3. The van der Waals surface area contributed by atoms with E-state index < -0.39 is 26.1 Å². The Labute approximate surface area is 178 Å². The molecule has 1 N–H and O–H groups in total. The molecule has 1 heterocycles.